The van der Waals surface area contributed by atoms with Gasteiger partial charge in [-0.25, -0.2) is 8.42 Å². The number of rotatable bonds is 8. The van der Waals surface area contributed by atoms with Gasteiger partial charge in [0.2, 0.25) is 10.0 Å². The number of sulfonamides is 1. The minimum atomic E-state index is -3.33. The molecule has 0 saturated heterocycles. The number of Topliss-reactive ketones (excluding diaryl/α,β-unsaturated/α-hetero) is 1. The van der Waals surface area contributed by atoms with Crippen LogP contribution in [-0.2, 0) is 32.4 Å². The van der Waals surface area contributed by atoms with Crippen LogP contribution in [0.4, 0.5) is 5.69 Å². The van der Waals surface area contributed by atoms with Gasteiger partial charge in [-0.1, -0.05) is 5.16 Å². The Balaban J connectivity index is 1.57. The second-order valence-electron chi connectivity index (χ2n) is 6.95. The average Bonchev–Trinajstić information content (AvgIpc) is 3.27. The maximum atomic E-state index is 12.4. The van der Waals surface area contributed by atoms with Crippen molar-refractivity contribution in [1.29, 1.82) is 0 Å². The van der Waals surface area contributed by atoms with E-state index in [1.165, 1.54) is 4.31 Å². The molecule has 9 heteroatoms. The number of ketones is 1. The van der Waals surface area contributed by atoms with E-state index < -0.39 is 16.0 Å². The van der Waals surface area contributed by atoms with Crippen LogP contribution >= 0.6 is 0 Å². The first-order valence-corrected chi connectivity index (χ1v) is 11.1. The predicted octanol–water partition coefficient (Wildman–Crippen LogP) is 2.36. The summed E-state index contributed by atoms with van der Waals surface area (Å²) in [5.74, 6) is -0.101. The highest BCUT2D eigenvalue weighted by Gasteiger charge is 2.28. The van der Waals surface area contributed by atoms with Crippen LogP contribution in [0.3, 0.4) is 0 Å². The molecule has 3 rings (SSSR count). The molecule has 0 radical (unpaired) electrons. The van der Waals surface area contributed by atoms with Crippen molar-refractivity contribution in [1.82, 2.24) is 5.16 Å². The minimum absolute atomic E-state index is 0.0248. The van der Waals surface area contributed by atoms with Crippen molar-refractivity contribution in [2.24, 2.45) is 0 Å². The Hall–Kier alpha value is -2.68. The smallest absolute Gasteiger partial charge is 0.306 e. The van der Waals surface area contributed by atoms with E-state index in [0.29, 0.717) is 36.4 Å². The standard InChI is InChI=1S/C20H24N2O6S/c1-4-29(25,26)22-10-9-15-11-16(5-7-18(15)22)19(23)12-27-20(24)8-6-17-13(2)21-28-14(17)3/h5,7,11H,4,6,8-10,12H2,1-3H3. The molecular formula is C20H24N2O6S. The van der Waals surface area contributed by atoms with Gasteiger partial charge in [0.25, 0.3) is 0 Å². The summed E-state index contributed by atoms with van der Waals surface area (Å²) < 4.78 is 35.8. The maximum Gasteiger partial charge on any atom is 0.306 e. The molecule has 8 nitrogen and oxygen atoms in total. The van der Waals surface area contributed by atoms with Gasteiger partial charge in [0.1, 0.15) is 5.76 Å². The van der Waals surface area contributed by atoms with E-state index in [9.17, 15) is 18.0 Å². The summed E-state index contributed by atoms with van der Waals surface area (Å²) in [4.78, 5) is 24.4. The molecule has 0 saturated carbocycles. The second kappa shape index (κ2) is 8.36. The van der Waals surface area contributed by atoms with Gasteiger partial charge in [0.05, 0.1) is 17.1 Å². The molecule has 1 aliphatic heterocycles. The van der Waals surface area contributed by atoms with Gasteiger partial charge < -0.3 is 9.26 Å². The minimum Gasteiger partial charge on any atom is -0.457 e. The molecule has 29 heavy (non-hydrogen) atoms. The van der Waals surface area contributed by atoms with Crippen molar-refractivity contribution in [3.63, 3.8) is 0 Å². The molecule has 1 aromatic carbocycles. The number of ether oxygens (including phenoxy) is 1. The first-order valence-electron chi connectivity index (χ1n) is 9.47. The Morgan fingerprint density at radius 2 is 2.03 bits per heavy atom. The molecule has 2 aromatic rings. The van der Waals surface area contributed by atoms with Crippen molar-refractivity contribution in [2.75, 3.05) is 23.2 Å². The summed E-state index contributed by atoms with van der Waals surface area (Å²) in [6, 6.07) is 4.89. The number of fused-ring (bicyclic) bond motifs is 1. The Labute approximate surface area is 169 Å². The lowest BCUT2D eigenvalue weighted by molar-refractivity contribution is -0.142. The molecule has 0 atom stereocenters. The molecule has 0 fully saturated rings. The van der Waals surface area contributed by atoms with Crippen molar-refractivity contribution in [3.8, 4) is 0 Å². The first kappa shape index (κ1) is 21.0. The molecule has 1 aromatic heterocycles. The van der Waals surface area contributed by atoms with E-state index >= 15 is 0 Å². The molecule has 0 bridgehead atoms. The summed E-state index contributed by atoms with van der Waals surface area (Å²) >= 11 is 0. The molecule has 0 unspecified atom stereocenters. The number of benzene rings is 1. The van der Waals surface area contributed by atoms with Crippen molar-refractivity contribution in [2.45, 2.75) is 40.0 Å². The zero-order chi connectivity index (χ0) is 21.2. The number of nitrogens with zero attached hydrogens (tertiary/aromatic N) is 2. The number of aryl methyl sites for hydroxylation is 2. The third kappa shape index (κ3) is 4.50. The summed E-state index contributed by atoms with van der Waals surface area (Å²) in [6.07, 6.45) is 1.12. The van der Waals surface area contributed by atoms with Gasteiger partial charge in [0, 0.05) is 24.1 Å². The molecule has 0 aliphatic carbocycles. The largest absolute Gasteiger partial charge is 0.457 e. The van der Waals surface area contributed by atoms with Gasteiger partial charge in [0.15, 0.2) is 12.4 Å². The Morgan fingerprint density at radius 3 is 2.69 bits per heavy atom. The van der Waals surface area contributed by atoms with Crippen LogP contribution in [0.25, 0.3) is 0 Å². The fourth-order valence-electron chi connectivity index (χ4n) is 3.38. The Kier molecular flexibility index (Phi) is 6.07. The molecule has 1 aliphatic rings. The van der Waals surface area contributed by atoms with E-state index in [4.69, 9.17) is 9.26 Å². The third-order valence-electron chi connectivity index (χ3n) is 5.08. The van der Waals surface area contributed by atoms with Gasteiger partial charge in [-0.15, -0.1) is 0 Å². The highest BCUT2D eigenvalue weighted by atomic mass is 32.2. The predicted molar refractivity (Wildman–Crippen MR) is 107 cm³/mol. The van der Waals surface area contributed by atoms with E-state index in [0.717, 1.165) is 16.8 Å². The highest BCUT2D eigenvalue weighted by molar-refractivity contribution is 7.92. The van der Waals surface area contributed by atoms with Crippen LogP contribution in [-0.4, -0.2) is 44.2 Å². The van der Waals surface area contributed by atoms with E-state index in [2.05, 4.69) is 5.16 Å². The number of anilines is 1. The number of hydrogen-bond acceptors (Lipinski definition) is 7. The lowest BCUT2D eigenvalue weighted by Crippen LogP contribution is -2.30. The zero-order valence-corrected chi connectivity index (χ0v) is 17.5. The highest BCUT2D eigenvalue weighted by Crippen LogP contribution is 2.31. The van der Waals surface area contributed by atoms with Crippen molar-refractivity contribution in [3.05, 3.63) is 46.3 Å². The van der Waals surface area contributed by atoms with Crippen molar-refractivity contribution >= 4 is 27.5 Å². The van der Waals surface area contributed by atoms with Gasteiger partial charge in [-0.2, -0.15) is 0 Å². The van der Waals surface area contributed by atoms with Crippen LogP contribution < -0.4 is 4.31 Å². The molecule has 156 valence electrons. The fourth-order valence-corrected chi connectivity index (χ4v) is 4.54. The normalized spacial score (nSPS) is 13.4. The average molecular weight is 420 g/mol. The molecule has 2 heterocycles. The van der Waals surface area contributed by atoms with Crippen LogP contribution in [0.15, 0.2) is 22.7 Å². The monoisotopic (exact) mass is 420 g/mol. The number of aromatic nitrogens is 1. The molecular weight excluding hydrogens is 396 g/mol. The van der Waals surface area contributed by atoms with Crippen LogP contribution in [0.2, 0.25) is 0 Å². The number of carbonyl (C=O) groups excluding carboxylic acids is 2. The summed E-state index contributed by atoms with van der Waals surface area (Å²) in [5.41, 5.74) is 3.43. The number of carbonyl (C=O) groups is 2. The molecule has 0 spiro atoms. The number of hydrogen-bond donors (Lipinski definition) is 0. The maximum absolute atomic E-state index is 12.4. The van der Waals surface area contributed by atoms with Crippen LogP contribution in [0.5, 0.6) is 0 Å². The lowest BCUT2D eigenvalue weighted by Gasteiger charge is -2.18. The lowest BCUT2D eigenvalue weighted by atomic mass is 10.1. The third-order valence-corrected chi connectivity index (χ3v) is 6.86. The summed E-state index contributed by atoms with van der Waals surface area (Å²) in [5, 5.41) is 3.84. The fraction of sp³-hybridized carbons (Fsp3) is 0.450. The van der Waals surface area contributed by atoms with E-state index in [-0.39, 0.29) is 24.6 Å². The zero-order valence-electron chi connectivity index (χ0n) is 16.7. The van der Waals surface area contributed by atoms with Gasteiger partial charge >= 0.3 is 5.97 Å². The van der Waals surface area contributed by atoms with E-state index in [1.807, 2.05) is 0 Å². The van der Waals surface area contributed by atoms with E-state index in [1.54, 1.807) is 39.0 Å². The Bertz CT molecular complexity index is 1020. The van der Waals surface area contributed by atoms with Crippen molar-refractivity contribution < 1.29 is 27.3 Å². The van der Waals surface area contributed by atoms with Gasteiger partial charge in [-0.05, 0) is 57.4 Å². The molecule has 0 N–H and O–H groups in total. The number of esters is 1. The second-order valence-corrected chi connectivity index (χ2v) is 9.13. The topological polar surface area (TPSA) is 107 Å². The molecule has 0 amide bonds. The van der Waals surface area contributed by atoms with Gasteiger partial charge in [-0.3, -0.25) is 13.9 Å². The first-order chi connectivity index (χ1) is 13.7. The quantitative estimate of drug-likeness (QED) is 0.477. The van der Waals surface area contributed by atoms with Crippen LogP contribution in [0.1, 0.15) is 46.3 Å². The summed E-state index contributed by atoms with van der Waals surface area (Å²) in [7, 11) is -3.33. The summed E-state index contributed by atoms with van der Waals surface area (Å²) in [6.45, 7) is 5.22. The SMILES string of the molecule is CCS(=O)(=O)N1CCc2cc(C(=O)COC(=O)CCc3c(C)noc3C)ccc21. The Morgan fingerprint density at radius 1 is 1.28 bits per heavy atom. The van der Waals surface area contributed by atoms with Crippen LogP contribution in [0, 0.1) is 13.8 Å².